The number of aryl methyl sites for hydroxylation is 1. The number of hydrogen-bond acceptors (Lipinski definition) is 2. The average Bonchev–Trinajstić information content (AvgIpc) is 2.44. The van der Waals surface area contributed by atoms with E-state index in [9.17, 15) is 4.79 Å². The van der Waals surface area contributed by atoms with Gasteiger partial charge in [-0.1, -0.05) is 31.5 Å². The molecule has 0 aliphatic heterocycles. The van der Waals surface area contributed by atoms with E-state index in [4.69, 9.17) is 11.6 Å². The van der Waals surface area contributed by atoms with Gasteiger partial charge in [-0.2, -0.15) is 0 Å². The van der Waals surface area contributed by atoms with Crippen LogP contribution in [0, 0.1) is 6.92 Å². The summed E-state index contributed by atoms with van der Waals surface area (Å²) in [5, 5.41) is 3.76. The van der Waals surface area contributed by atoms with Gasteiger partial charge in [-0.25, -0.2) is 0 Å². The Kier molecular flexibility index (Phi) is 4.96. The minimum absolute atomic E-state index is 0.0156. The minimum Gasteiger partial charge on any atom is -0.351 e. The Labute approximate surface area is 124 Å². The maximum absolute atomic E-state index is 12.3. The second kappa shape index (κ2) is 6.71. The average molecular weight is 291 g/mol. The summed E-state index contributed by atoms with van der Waals surface area (Å²) in [6.07, 6.45) is 1.92. The third-order valence-electron chi connectivity index (χ3n) is 3.17. The van der Waals surface area contributed by atoms with Gasteiger partial charge in [0, 0.05) is 17.6 Å². The molecule has 2 aromatic rings. The van der Waals surface area contributed by atoms with Gasteiger partial charge in [0.2, 0.25) is 0 Å². The van der Waals surface area contributed by atoms with Crippen molar-refractivity contribution in [1.29, 1.82) is 0 Å². The fraction of sp³-hybridized carbons (Fsp3) is 0.375. The molecule has 20 heavy (non-hydrogen) atoms. The Hall–Kier alpha value is -1.61. The molecular formula is C16H19ClN2O. The molecule has 0 aliphatic rings. The molecular weight excluding hydrogens is 272 g/mol. The third kappa shape index (κ3) is 3.48. The molecule has 106 valence electrons. The first kappa shape index (κ1) is 14.8. The Morgan fingerprint density at radius 3 is 2.90 bits per heavy atom. The number of halogens is 1. The van der Waals surface area contributed by atoms with E-state index in [1.54, 1.807) is 0 Å². The number of amides is 1. The van der Waals surface area contributed by atoms with Crippen LogP contribution >= 0.6 is 11.6 Å². The summed E-state index contributed by atoms with van der Waals surface area (Å²) in [4.78, 5) is 16.8. The number of benzene rings is 1. The molecule has 2 rings (SSSR count). The summed E-state index contributed by atoms with van der Waals surface area (Å²) in [5.74, 6) is -0.0894. The summed E-state index contributed by atoms with van der Waals surface area (Å²) in [7, 11) is 0. The van der Waals surface area contributed by atoms with Gasteiger partial charge >= 0.3 is 0 Å². The summed E-state index contributed by atoms with van der Waals surface area (Å²) < 4.78 is 0. The van der Waals surface area contributed by atoms with Crippen LogP contribution in [0.2, 0.25) is 0 Å². The second-order valence-corrected chi connectivity index (χ2v) is 5.54. The molecule has 1 unspecified atom stereocenters. The number of para-hydroxylation sites is 1. The molecule has 1 heterocycles. The number of aromatic nitrogens is 1. The number of fused-ring (bicyclic) bond motifs is 1. The highest BCUT2D eigenvalue weighted by Crippen LogP contribution is 2.18. The van der Waals surface area contributed by atoms with E-state index in [0.717, 1.165) is 29.4 Å². The molecule has 0 aliphatic carbocycles. The van der Waals surface area contributed by atoms with Crippen molar-refractivity contribution >= 4 is 28.4 Å². The van der Waals surface area contributed by atoms with Gasteiger partial charge in [-0.3, -0.25) is 9.78 Å². The zero-order chi connectivity index (χ0) is 14.5. The highest BCUT2D eigenvalue weighted by molar-refractivity contribution is 6.21. The van der Waals surface area contributed by atoms with Crippen LogP contribution in [0.4, 0.5) is 0 Å². The summed E-state index contributed by atoms with van der Waals surface area (Å²) in [6.45, 7) is 4.46. The Balaban J connectivity index is 2.21. The molecule has 0 fully saturated rings. The maximum atomic E-state index is 12.3. The predicted molar refractivity (Wildman–Crippen MR) is 83.4 cm³/mol. The lowest BCUT2D eigenvalue weighted by molar-refractivity contribution is 0.0955. The monoisotopic (exact) mass is 290 g/mol. The maximum Gasteiger partial charge on any atom is 0.252 e. The van der Waals surface area contributed by atoms with Crippen LogP contribution in [-0.2, 0) is 0 Å². The number of carbonyl (C=O) groups is 1. The molecule has 0 saturated carbocycles. The smallest absolute Gasteiger partial charge is 0.252 e. The van der Waals surface area contributed by atoms with Crippen LogP contribution in [0.3, 0.4) is 0 Å². The minimum atomic E-state index is -0.0894. The molecule has 0 bridgehead atoms. The number of rotatable bonds is 5. The molecule has 0 radical (unpaired) electrons. The number of pyridine rings is 1. The van der Waals surface area contributed by atoms with E-state index in [0.29, 0.717) is 12.1 Å². The third-order valence-corrected chi connectivity index (χ3v) is 3.55. The number of nitrogens with zero attached hydrogens (tertiary/aromatic N) is 1. The van der Waals surface area contributed by atoms with Crippen molar-refractivity contribution in [1.82, 2.24) is 10.3 Å². The number of carbonyl (C=O) groups excluding carboxylic acids is 1. The van der Waals surface area contributed by atoms with E-state index in [1.165, 1.54) is 0 Å². The molecule has 1 atom stereocenters. The highest BCUT2D eigenvalue weighted by atomic mass is 35.5. The lowest BCUT2D eigenvalue weighted by Gasteiger charge is -2.11. The largest absolute Gasteiger partial charge is 0.351 e. The van der Waals surface area contributed by atoms with Crippen LogP contribution < -0.4 is 5.32 Å². The fourth-order valence-corrected chi connectivity index (χ4v) is 2.50. The first-order chi connectivity index (χ1) is 9.61. The van der Waals surface area contributed by atoms with E-state index in [2.05, 4.69) is 17.2 Å². The van der Waals surface area contributed by atoms with Crippen molar-refractivity contribution < 1.29 is 4.79 Å². The van der Waals surface area contributed by atoms with Crippen molar-refractivity contribution in [3.63, 3.8) is 0 Å². The van der Waals surface area contributed by atoms with E-state index in [1.807, 2.05) is 37.3 Å². The SMILES string of the molecule is CCCC(Cl)CNC(=O)c1cc(C)nc2ccccc12. The van der Waals surface area contributed by atoms with Crippen LogP contribution in [0.1, 0.15) is 35.8 Å². The number of hydrogen-bond donors (Lipinski definition) is 1. The Morgan fingerprint density at radius 2 is 2.15 bits per heavy atom. The van der Waals surface area contributed by atoms with Gasteiger partial charge < -0.3 is 5.32 Å². The van der Waals surface area contributed by atoms with Gasteiger partial charge in [-0.15, -0.1) is 11.6 Å². The van der Waals surface area contributed by atoms with Gasteiger partial charge in [-0.05, 0) is 25.5 Å². The van der Waals surface area contributed by atoms with E-state index in [-0.39, 0.29) is 11.3 Å². The molecule has 1 aromatic heterocycles. The quantitative estimate of drug-likeness (QED) is 0.854. The summed E-state index contributed by atoms with van der Waals surface area (Å²) in [5.41, 5.74) is 2.34. The molecule has 1 aromatic carbocycles. The number of alkyl halides is 1. The van der Waals surface area contributed by atoms with Crippen molar-refractivity contribution in [2.45, 2.75) is 32.1 Å². The van der Waals surface area contributed by atoms with Gasteiger partial charge in [0.25, 0.3) is 5.91 Å². The van der Waals surface area contributed by atoms with Crippen LogP contribution in [0.5, 0.6) is 0 Å². The first-order valence-corrected chi connectivity index (χ1v) is 7.34. The molecule has 0 saturated heterocycles. The Bertz CT molecular complexity index is 612. The van der Waals surface area contributed by atoms with Crippen LogP contribution in [0.25, 0.3) is 10.9 Å². The van der Waals surface area contributed by atoms with Crippen molar-refractivity contribution in [3.05, 3.63) is 41.6 Å². The summed E-state index contributed by atoms with van der Waals surface area (Å²) in [6, 6.07) is 9.49. The molecule has 3 nitrogen and oxygen atoms in total. The fourth-order valence-electron chi connectivity index (χ4n) is 2.21. The zero-order valence-corrected chi connectivity index (χ0v) is 12.6. The van der Waals surface area contributed by atoms with Crippen molar-refractivity contribution in [2.75, 3.05) is 6.54 Å². The molecule has 0 spiro atoms. The summed E-state index contributed by atoms with van der Waals surface area (Å²) >= 11 is 6.13. The van der Waals surface area contributed by atoms with Crippen molar-refractivity contribution in [2.24, 2.45) is 0 Å². The van der Waals surface area contributed by atoms with Gasteiger partial charge in [0.05, 0.1) is 16.5 Å². The molecule has 1 N–H and O–H groups in total. The zero-order valence-electron chi connectivity index (χ0n) is 11.8. The Morgan fingerprint density at radius 1 is 1.40 bits per heavy atom. The lowest BCUT2D eigenvalue weighted by Crippen LogP contribution is -2.30. The van der Waals surface area contributed by atoms with Crippen molar-refractivity contribution in [3.8, 4) is 0 Å². The van der Waals surface area contributed by atoms with E-state index >= 15 is 0 Å². The van der Waals surface area contributed by atoms with E-state index < -0.39 is 0 Å². The molecule has 4 heteroatoms. The molecule has 1 amide bonds. The topological polar surface area (TPSA) is 42.0 Å². The standard InChI is InChI=1S/C16H19ClN2O/c1-3-6-12(17)10-18-16(20)14-9-11(2)19-15-8-5-4-7-13(14)15/h4-5,7-9,12H,3,6,10H2,1-2H3,(H,18,20). The lowest BCUT2D eigenvalue weighted by atomic mass is 10.1. The van der Waals surface area contributed by atoms with Gasteiger partial charge in [0.15, 0.2) is 0 Å². The second-order valence-electron chi connectivity index (χ2n) is 4.92. The highest BCUT2D eigenvalue weighted by Gasteiger charge is 2.13. The number of nitrogens with one attached hydrogen (secondary N) is 1. The first-order valence-electron chi connectivity index (χ1n) is 6.90. The predicted octanol–water partition coefficient (Wildman–Crippen LogP) is 3.68. The van der Waals surface area contributed by atoms with Gasteiger partial charge in [0.1, 0.15) is 0 Å². The normalized spacial score (nSPS) is 12.3. The van der Waals surface area contributed by atoms with Crippen LogP contribution in [-0.4, -0.2) is 22.8 Å². The van der Waals surface area contributed by atoms with Crippen LogP contribution in [0.15, 0.2) is 30.3 Å².